The molecule has 0 aliphatic heterocycles. The summed E-state index contributed by atoms with van der Waals surface area (Å²) >= 11 is 5.73. The van der Waals surface area contributed by atoms with Crippen molar-refractivity contribution in [2.24, 2.45) is 4.99 Å². The van der Waals surface area contributed by atoms with Crippen molar-refractivity contribution in [1.29, 1.82) is 0 Å². The lowest BCUT2D eigenvalue weighted by atomic mass is 10.0. The first kappa shape index (κ1) is 11.9. The maximum absolute atomic E-state index is 13.4. The first-order valence-electron chi connectivity index (χ1n) is 4.57. The van der Waals surface area contributed by atoms with E-state index in [0.717, 1.165) is 5.56 Å². The van der Waals surface area contributed by atoms with Crippen LogP contribution in [0.2, 0.25) is 5.02 Å². The van der Waals surface area contributed by atoms with Gasteiger partial charge in [0.05, 0.1) is 11.6 Å². The van der Waals surface area contributed by atoms with Gasteiger partial charge in [-0.05, 0) is 17.5 Å². The van der Waals surface area contributed by atoms with Crippen LogP contribution < -0.4 is 0 Å². The molecule has 15 heavy (non-hydrogen) atoms. The summed E-state index contributed by atoms with van der Waals surface area (Å²) in [4.78, 5) is 13.3. The van der Waals surface area contributed by atoms with Crippen LogP contribution >= 0.6 is 11.6 Å². The monoisotopic (exact) mass is 227 g/mol. The van der Waals surface area contributed by atoms with Gasteiger partial charge >= 0.3 is 0 Å². The molecule has 0 atom stereocenters. The number of aliphatic imine (C=N–C) groups is 1. The highest BCUT2D eigenvalue weighted by Crippen LogP contribution is 2.25. The maximum Gasteiger partial charge on any atom is 0.235 e. The molecule has 0 heterocycles. The van der Waals surface area contributed by atoms with Gasteiger partial charge in [-0.2, -0.15) is 0 Å². The van der Waals surface area contributed by atoms with E-state index in [9.17, 15) is 9.18 Å². The molecule has 0 spiro atoms. The number of carbonyl (C=O) groups excluding carboxylic acids is 1. The van der Waals surface area contributed by atoms with E-state index >= 15 is 0 Å². The molecule has 0 bridgehead atoms. The van der Waals surface area contributed by atoms with Gasteiger partial charge in [0.25, 0.3) is 0 Å². The second-order valence-electron chi connectivity index (χ2n) is 3.54. The van der Waals surface area contributed by atoms with Gasteiger partial charge in [-0.25, -0.2) is 14.2 Å². The molecule has 2 nitrogen and oxygen atoms in total. The minimum absolute atomic E-state index is 0.0182. The van der Waals surface area contributed by atoms with Crippen LogP contribution in [0.4, 0.5) is 4.39 Å². The summed E-state index contributed by atoms with van der Waals surface area (Å²) in [5.74, 6) is -0.262. The van der Waals surface area contributed by atoms with E-state index in [2.05, 4.69) is 4.99 Å². The summed E-state index contributed by atoms with van der Waals surface area (Å²) in [6.45, 7) is 3.95. The molecule has 1 aromatic carbocycles. The highest BCUT2D eigenvalue weighted by Gasteiger charge is 2.10. The Morgan fingerprint density at radius 1 is 1.53 bits per heavy atom. The predicted octanol–water partition coefficient (Wildman–Crippen LogP) is 3.44. The third kappa shape index (κ3) is 2.88. The molecule has 0 aromatic heterocycles. The molecule has 0 radical (unpaired) electrons. The van der Waals surface area contributed by atoms with Crippen molar-refractivity contribution in [2.75, 3.05) is 0 Å². The summed E-state index contributed by atoms with van der Waals surface area (Å²) in [7, 11) is 0. The van der Waals surface area contributed by atoms with E-state index in [1.807, 2.05) is 13.8 Å². The molecule has 0 fully saturated rings. The van der Waals surface area contributed by atoms with E-state index in [1.54, 1.807) is 12.1 Å². The largest absolute Gasteiger partial charge is 0.235 e. The smallest absolute Gasteiger partial charge is 0.211 e. The zero-order chi connectivity index (χ0) is 11.4. The van der Waals surface area contributed by atoms with Crippen LogP contribution in [0.5, 0.6) is 0 Å². The second-order valence-corrected chi connectivity index (χ2v) is 3.95. The Bertz CT molecular complexity index is 411. The fraction of sp³-hybridized carbons (Fsp3) is 0.364. The molecule has 4 heteroatoms. The fourth-order valence-corrected chi connectivity index (χ4v) is 1.48. The molecule has 0 aliphatic carbocycles. The van der Waals surface area contributed by atoms with E-state index in [0.29, 0.717) is 5.56 Å². The highest BCUT2D eigenvalue weighted by atomic mass is 35.5. The van der Waals surface area contributed by atoms with Gasteiger partial charge in [-0.15, -0.1) is 0 Å². The molecule has 0 amide bonds. The van der Waals surface area contributed by atoms with Crippen LogP contribution in [0, 0.1) is 5.82 Å². The maximum atomic E-state index is 13.4. The zero-order valence-electron chi connectivity index (χ0n) is 8.55. The third-order valence-corrected chi connectivity index (χ3v) is 2.38. The average Bonchev–Trinajstić information content (AvgIpc) is 2.19. The number of benzene rings is 1. The first-order chi connectivity index (χ1) is 7.06. The molecule has 1 aromatic rings. The van der Waals surface area contributed by atoms with Gasteiger partial charge in [0.1, 0.15) is 5.82 Å². The van der Waals surface area contributed by atoms with Gasteiger partial charge in [0.2, 0.25) is 6.08 Å². The molecule has 0 saturated carbocycles. The van der Waals surface area contributed by atoms with Gasteiger partial charge in [0.15, 0.2) is 0 Å². The van der Waals surface area contributed by atoms with Crippen molar-refractivity contribution in [3.63, 3.8) is 0 Å². The zero-order valence-corrected chi connectivity index (χ0v) is 9.31. The van der Waals surface area contributed by atoms with Crippen molar-refractivity contribution in [3.05, 3.63) is 34.1 Å². The SMILES string of the molecule is CC(C)c1cc(Cl)c(F)c(CN=C=O)c1. The van der Waals surface area contributed by atoms with Crippen LogP contribution in [-0.4, -0.2) is 6.08 Å². The number of rotatable bonds is 3. The summed E-state index contributed by atoms with van der Waals surface area (Å²) in [6, 6.07) is 3.27. The van der Waals surface area contributed by atoms with Gasteiger partial charge in [-0.3, -0.25) is 0 Å². The number of isocyanates is 1. The van der Waals surface area contributed by atoms with Crippen LogP contribution in [0.1, 0.15) is 30.9 Å². The first-order valence-corrected chi connectivity index (χ1v) is 4.95. The summed E-state index contributed by atoms with van der Waals surface area (Å²) in [5, 5.41) is 0.0669. The molecule has 1 rings (SSSR count). The summed E-state index contributed by atoms with van der Waals surface area (Å²) in [6.07, 6.45) is 1.38. The standard InChI is InChI=1S/C11H11ClFNO/c1-7(2)8-3-9(5-14-6-15)11(13)10(12)4-8/h3-4,7H,5H2,1-2H3. The number of halogens is 2. The second kappa shape index (κ2) is 5.06. The molecule has 80 valence electrons. The van der Waals surface area contributed by atoms with Gasteiger partial charge < -0.3 is 0 Å². The van der Waals surface area contributed by atoms with Crippen LogP contribution in [-0.2, 0) is 11.3 Å². The number of hydrogen-bond donors (Lipinski definition) is 0. The van der Waals surface area contributed by atoms with Crippen molar-refractivity contribution in [3.8, 4) is 0 Å². The Kier molecular flexibility index (Phi) is 4.01. The number of nitrogens with zero attached hydrogens (tertiary/aromatic N) is 1. The molecule has 0 aliphatic rings. The topological polar surface area (TPSA) is 29.4 Å². The minimum atomic E-state index is -0.514. The van der Waals surface area contributed by atoms with Crippen molar-refractivity contribution in [1.82, 2.24) is 0 Å². The molecular formula is C11H11ClFNO. The van der Waals surface area contributed by atoms with Crippen molar-refractivity contribution < 1.29 is 9.18 Å². The van der Waals surface area contributed by atoms with Crippen LogP contribution in [0.15, 0.2) is 17.1 Å². The lowest BCUT2D eigenvalue weighted by molar-refractivity contribution is 0.561. The molecular weight excluding hydrogens is 217 g/mol. The Morgan fingerprint density at radius 3 is 2.73 bits per heavy atom. The van der Waals surface area contributed by atoms with E-state index < -0.39 is 5.82 Å². The van der Waals surface area contributed by atoms with Crippen molar-refractivity contribution in [2.45, 2.75) is 26.3 Å². The van der Waals surface area contributed by atoms with E-state index in [-0.39, 0.29) is 17.5 Å². The van der Waals surface area contributed by atoms with Gasteiger partial charge in [0, 0.05) is 5.56 Å². The Labute approximate surface area is 92.8 Å². The molecule has 0 N–H and O–H groups in total. The summed E-state index contributed by atoms with van der Waals surface area (Å²) < 4.78 is 13.4. The molecule has 0 unspecified atom stereocenters. The lowest BCUT2D eigenvalue weighted by Gasteiger charge is -2.09. The number of hydrogen-bond acceptors (Lipinski definition) is 2. The lowest BCUT2D eigenvalue weighted by Crippen LogP contribution is -1.95. The van der Waals surface area contributed by atoms with Crippen LogP contribution in [0.25, 0.3) is 0 Å². The molecule has 0 saturated heterocycles. The van der Waals surface area contributed by atoms with E-state index in [4.69, 9.17) is 11.6 Å². The summed E-state index contributed by atoms with van der Waals surface area (Å²) in [5.41, 5.74) is 1.26. The minimum Gasteiger partial charge on any atom is -0.211 e. The van der Waals surface area contributed by atoms with Crippen LogP contribution in [0.3, 0.4) is 0 Å². The quantitative estimate of drug-likeness (QED) is 0.575. The predicted molar refractivity (Wildman–Crippen MR) is 57.3 cm³/mol. The Morgan fingerprint density at radius 2 is 2.20 bits per heavy atom. The highest BCUT2D eigenvalue weighted by molar-refractivity contribution is 6.30. The fourth-order valence-electron chi connectivity index (χ4n) is 1.24. The van der Waals surface area contributed by atoms with Crippen molar-refractivity contribution >= 4 is 17.7 Å². The van der Waals surface area contributed by atoms with E-state index in [1.165, 1.54) is 6.08 Å². The Hall–Kier alpha value is -1.18. The third-order valence-electron chi connectivity index (χ3n) is 2.11. The Balaban J connectivity index is 3.18. The van der Waals surface area contributed by atoms with Gasteiger partial charge in [-0.1, -0.05) is 31.5 Å². The normalized spacial score (nSPS) is 10.2. The average molecular weight is 228 g/mol.